The minimum absolute atomic E-state index is 0.0932. The number of rotatable bonds is 4. The van der Waals surface area contributed by atoms with E-state index in [-0.39, 0.29) is 11.7 Å². The molecule has 0 heterocycles. The fourth-order valence-corrected chi connectivity index (χ4v) is 1.69. The van der Waals surface area contributed by atoms with Gasteiger partial charge in [0.1, 0.15) is 0 Å². The van der Waals surface area contributed by atoms with Gasteiger partial charge in [0.25, 0.3) is 0 Å². The van der Waals surface area contributed by atoms with Crippen molar-refractivity contribution in [3.63, 3.8) is 0 Å². The molecule has 0 radical (unpaired) electrons. The molecule has 0 spiro atoms. The second-order valence-corrected chi connectivity index (χ2v) is 3.68. The van der Waals surface area contributed by atoms with Gasteiger partial charge < -0.3 is 0 Å². The van der Waals surface area contributed by atoms with E-state index >= 15 is 0 Å². The lowest BCUT2D eigenvalue weighted by Crippen LogP contribution is -2.07. The number of benzene rings is 1. The number of carbonyl (C=O) groups excluding carboxylic acids is 1. The number of ketones is 1. The predicted octanol–water partition coefficient (Wildman–Crippen LogP) is 2.91. The maximum absolute atomic E-state index is 11.3. The Morgan fingerprint density at radius 3 is 2.71 bits per heavy atom. The van der Waals surface area contributed by atoms with E-state index in [1.54, 1.807) is 0 Å². The molecule has 0 saturated heterocycles. The highest BCUT2D eigenvalue weighted by Gasteiger charge is 2.08. The lowest BCUT2D eigenvalue weighted by molar-refractivity contribution is -0.116. The summed E-state index contributed by atoms with van der Waals surface area (Å²) in [6.45, 7) is 4.14. The largest absolute Gasteiger partial charge is 0.298 e. The molecule has 1 rings (SSSR count). The van der Waals surface area contributed by atoms with Crippen molar-refractivity contribution in [2.75, 3.05) is 5.88 Å². The third-order valence-electron chi connectivity index (χ3n) is 2.41. The lowest BCUT2D eigenvalue weighted by Gasteiger charge is -2.09. The molecule has 14 heavy (non-hydrogen) atoms. The molecule has 76 valence electrons. The molecule has 0 N–H and O–H groups in total. The molecule has 0 saturated carbocycles. The predicted molar refractivity (Wildman–Crippen MR) is 60.0 cm³/mol. The molecule has 0 amide bonds. The Labute approximate surface area is 90.1 Å². The highest BCUT2D eigenvalue weighted by molar-refractivity contribution is 6.27. The summed E-state index contributed by atoms with van der Waals surface area (Å²) in [5.41, 5.74) is 3.59. The SMILES string of the molecule is CCc1cccc(C)c1CC(=O)CCl. The highest BCUT2D eigenvalue weighted by atomic mass is 35.5. The summed E-state index contributed by atoms with van der Waals surface area (Å²) in [7, 11) is 0. The van der Waals surface area contributed by atoms with Crippen molar-refractivity contribution in [1.82, 2.24) is 0 Å². The van der Waals surface area contributed by atoms with Gasteiger partial charge in [0.05, 0.1) is 5.88 Å². The zero-order chi connectivity index (χ0) is 10.6. The van der Waals surface area contributed by atoms with Gasteiger partial charge in [0, 0.05) is 6.42 Å². The van der Waals surface area contributed by atoms with E-state index in [9.17, 15) is 4.79 Å². The van der Waals surface area contributed by atoms with E-state index in [1.165, 1.54) is 11.1 Å². The summed E-state index contributed by atoms with van der Waals surface area (Å²) in [6, 6.07) is 6.14. The minimum Gasteiger partial charge on any atom is -0.298 e. The Bertz CT molecular complexity index is 331. The van der Waals surface area contributed by atoms with Crippen molar-refractivity contribution >= 4 is 17.4 Å². The van der Waals surface area contributed by atoms with Crippen LogP contribution in [0.1, 0.15) is 23.6 Å². The molecule has 2 heteroatoms. The summed E-state index contributed by atoms with van der Waals surface area (Å²) in [4.78, 5) is 11.3. The van der Waals surface area contributed by atoms with Crippen LogP contribution < -0.4 is 0 Å². The smallest absolute Gasteiger partial charge is 0.151 e. The number of aryl methyl sites for hydroxylation is 2. The van der Waals surface area contributed by atoms with Crippen LogP contribution in [0.25, 0.3) is 0 Å². The first kappa shape index (κ1) is 11.3. The van der Waals surface area contributed by atoms with E-state index in [1.807, 2.05) is 19.1 Å². The number of hydrogen-bond donors (Lipinski definition) is 0. The first-order valence-corrected chi connectivity index (χ1v) is 5.37. The first-order valence-electron chi connectivity index (χ1n) is 4.84. The van der Waals surface area contributed by atoms with Gasteiger partial charge in [-0.1, -0.05) is 25.1 Å². The van der Waals surface area contributed by atoms with Gasteiger partial charge in [-0.25, -0.2) is 0 Å². The molecule has 0 unspecified atom stereocenters. The molecular formula is C12H15ClO. The van der Waals surface area contributed by atoms with Crippen molar-refractivity contribution in [1.29, 1.82) is 0 Å². The van der Waals surface area contributed by atoms with E-state index in [0.29, 0.717) is 6.42 Å². The molecule has 0 bridgehead atoms. The Balaban J connectivity index is 2.98. The average Bonchev–Trinajstić information content (AvgIpc) is 2.20. The molecule has 0 aliphatic heterocycles. The maximum Gasteiger partial charge on any atom is 0.151 e. The topological polar surface area (TPSA) is 17.1 Å². The van der Waals surface area contributed by atoms with Crippen LogP contribution in [0.2, 0.25) is 0 Å². The van der Waals surface area contributed by atoms with Crippen LogP contribution >= 0.6 is 11.6 Å². The quantitative estimate of drug-likeness (QED) is 0.699. The van der Waals surface area contributed by atoms with Gasteiger partial charge >= 0.3 is 0 Å². The maximum atomic E-state index is 11.3. The number of Topliss-reactive ketones (excluding diaryl/α,β-unsaturated/α-hetero) is 1. The van der Waals surface area contributed by atoms with Crippen molar-refractivity contribution in [3.8, 4) is 0 Å². The van der Waals surface area contributed by atoms with Crippen molar-refractivity contribution in [2.24, 2.45) is 0 Å². The highest BCUT2D eigenvalue weighted by Crippen LogP contribution is 2.16. The zero-order valence-electron chi connectivity index (χ0n) is 8.64. The van der Waals surface area contributed by atoms with E-state index in [4.69, 9.17) is 11.6 Å². The standard InChI is InChI=1S/C12H15ClO/c1-3-10-6-4-5-9(2)12(10)7-11(14)8-13/h4-6H,3,7-8H2,1-2H3. The molecule has 0 aliphatic carbocycles. The van der Waals surface area contributed by atoms with Crippen LogP contribution in [-0.2, 0) is 17.6 Å². The van der Waals surface area contributed by atoms with Crippen LogP contribution in [0.15, 0.2) is 18.2 Å². The van der Waals surface area contributed by atoms with Crippen LogP contribution in [0.4, 0.5) is 0 Å². The van der Waals surface area contributed by atoms with Gasteiger partial charge in [-0.15, -0.1) is 11.6 Å². The minimum atomic E-state index is 0.0932. The number of carbonyl (C=O) groups is 1. The zero-order valence-corrected chi connectivity index (χ0v) is 9.40. The monoisotopic (exact) mass is 210 g/mol. The second kappa shape index (κ2) is 5.16. The second-order valence-electron chi connectivity index (χ2n) is 3.42. The summed E-state index contributed by atoms with van der Waals surface area (Å²) < 4.78 is 0. The summed E-state index contributed by atoms with van der Waals surface area (Å²) in [5, 5.41) is 0. The molecule has 0 aromatic heterocycles. The Hall–Kier alpha value is -0.820. The summed E-state index contributed by atoms with van der Waals surface area (Å²) in [6.07, 6.45) is 1.44. The van der Waals surface area contributed by atoms with Gasteiger partial charge in [0.2, 0.25) is 0 Å². The van der Waals surface area contributed by atoms with Gasteiger partial charge in [0.15, 0.2) is 5.78 Å². The van der Waals surface area contributed by atoms with Crippen molar-refractivity contribution < 1.29 is 4.79 Å². The molecule has 0 atom stereocenters. The average molecular weight is 211 g/mol. The van der Waals surface area contributed by atoms with Gasteiger partial charge in [-0.3, -0.25) is 4.79 Å². The fourth-order valence-electron chi connectivity index (χ4n) is 1.59. The van der Waals surface area contributed by atoms with E-state index in [2.05, 4.69) is 13.0 Å². The number of hydrogen-bond acceptors (Lipinski definition) is 1. The lowest BCUT2D eigenvalue weighted by atomic mass is 9.96. The van der Waals surface area contributed by atoms with E-state index < -0.39 is 0 Å². The number of alkyl halides is 1. The molecule has 1 nitrogen and oxygen atoms in total. The molecule has 0 aliphatic rings. The third kappa shape index (κ3) is 2.58. The Morgan fingerprint density at radius 2 is 2.14 bits per heavy atom. The normalized spacial score (nSPS) is 10.2. The molecular weight excluding hydrogens is 196 g/mol. The van der Waals surface area contributed by atoms with Crippen molar-refractivity contribution in [3.05, 3.63) is 34.9 Å². The van der Waals surface area contributed by atoms with Crippen LogP contribution in [0.3, 0.4) is 0 Å². The first-order chi connectivity index (χ1) is 6.69. The van der Waals surface area contributed by atoms with E-state index in [0.717, 1.165) is 12.0 Å². The summed E-state index contributed by atoms with van der Waals surface area (Å²) >= 11 is 5.50. The van der Waals surface area contributed by atoms with Crippen LogP contribution in [0.5, 0.6) is 0 Å². The molecule has 1 aromatic carbocycles. The molecule has 1 aromatic rings. The number of halogens is 1. The third-order valence-corrected chi connectivity index (χ3v) is 2.71. The Morgan fingerprint density at radius 1 is 1.43 bits per heavy atom. The summed E-state index contributed by atoms with van der Waals surface area (Å²) in [5.74, 6) is 0.202. The van der Waals surface area contributed by atoms with Gasteiger partial charge in [-0.2, -0.15) is 0 Å². The van der Waals surface area contributed by atoms with Crippen LogP contribution in [-0.4, -0.2) is 11.7 Å². The fraction of sp³-hybridized carbons (Fsp3) is 0.417. The Kier molecular flexibility index (Phi) is 4.15. The van der Waals surface area contributed by atoms with Gasteiger partial charge in [-0.05, 0) is 30.0 Å². The van der Waals surface area contributed by atoms with Crippen molar-refractivity contribution in [2.45, 2.75) is 26.7 Å². The van der Waals surface area contributed by atoms with Crippen LogP contribution in [0, 0.1) is 6.92 Å². The molecule has 0 fully saturated rings.